The van der Waals surface area contributed by atoms with Gasteiger partial charge in [0.25, 0.3) is 0 Å². The third-order valence-electron chi connectivity index (χ3n) is 9.37. The van der Waals surface area contributed by atoms with E-state index in [0.717, 1.165) is 63.7 Å². The van der Waals surface area contributed by atoms with E-state index in [1.807, 2.05) is 62.1 Å². The van der Waals surface area contributed by atoms with Crippen LogP contribution in [0.2, 0.25) is 0 Å². The number of ether oxygens (including phenoxy) is 3. The number of nitrogens with zero attached hydrogens (tertiary/aromatic N) is 2. The molecule has 0 N–H and O–H groups in total. The SMILES string of the molecule is COCC1(CN(C(=O)OC(C)(C)C)[C@@H]2C[C@H]2c2ccccc2)CCN(CC2(C(=O)OCc3ccccc3)CCC2)CC1. The van der Waals surface area contributed by atoms with Gasteiger partial charge in [-0.1, -0.05) is 67.1 Å². The first-order chi connectivity index (χ1) is 20.1. The Bertz CT molecular complexity index is 1180. The van der Waals surface area contributed by atoms with Gasteiger partial charge >= 0.3 is 12.1 Å². The van der Waals surface area contributed by atoms with Gasteiger partial charge in [0, 0.05) is 37.6 Å². The molecule has 0 unspecified atom stereocenters. The van der Waals surface area contributed by atoms with Crippen LogP contribution in [-0.2, 0) is 25.6 Å². The fourth-order valence-electron chi connectivity index (χ4n) is 6.76. The van der Waals surface area contributed by atoms with Crippen LogP contribution in [0.4, 0.5) is 4.79 Å². The molecule has 3 fully saturated rings. The molecule has 7 nitrogen and oxygen atoms in total. The van der Waals surface area contributed by atoms with E-state index in [-0.39, 0.29) is 23.5 Å². The van der Waals surface area contributed by atoms with E-state index in [1.165, 1.54) is 5.56 Å². The minimum absolute atomic E-state index is 0.0666. The predicted molar refractivity (Wildman–Crippen MR) is 163 cm³/mol. The van der Waals surface area contributed by atoms with Crippen LogP contribution in [-0.4, -0.2) is 73.4 Å². The van der Waals surface area contributed by atoms with Crippen LogP contribution in [0.1, 0.15) is 76.3 Å². The first-order valence-electron chi connectivity index (χ1n) is 15.6. The molecule has 0 radical (unpaired) electrons. The molecule has 0 spiro atoms. The summed E-state index contributed by atoms with van der Waals surface area (Å²) in [6.45, 7) is 9.77. The number of esters is 1. The maximum atomic E-state index is 13.6. The first kappa shape index (κ1) is 30.6. The highest BCUT2D eigenvalue weighted by Gasteiger charge is 2.51. The lowest BCUT2D eigenvalue weighted by Crippen LogP contribution is -2.54. The van der Waals surface area contributed by atoms with Gasteiger partial charge in [-0.2, -0.15) is 0 Å². The van der Waals surface area contributed by atoms with Crippen LogP contribution in [0.25, 0.3) is 0 Å². The summed E-state index contributed by atoms with van der Waals surface area (Å²) in [7, 11) is 1.75. The van der Waals surface area contributed by atoms with Crippen molar-refractivity contribution in [3.05, 3.63) is 71.8 Å². The summed E-state index contributed by atoms with van der Waals surface area (Å²) in [6, 6.07) is 20.5. The average molecular weight is 577 g/mol. The minimum Gasteiger partial charge on any atom is -0.460 e. The fourth-order valence-corrected chi connectivity index (χ4v) is 6.76. The van der Waals surface area contributed by atoms with Crippen molar-refractivity contribution < 1.29 is 23.8 Å². The standard InChI is InChI=1S/C35H48N2O5/c1-33(2,3)42-32(39)37(30-22-29(30)28-14-9-6-10-15-28)24-34(26-40-4)18-20-36(21-19-34)25-35(16-11-17-35)31(38)41-23-27-12-7-5-8-13-27/h5-10,12-15,29-30H,11,16-26H2,1-4H3/t29-,30+/m0/s1. The number of carbonyl (C=O) groups excluding carboxylic acids is 2. The van der Waals surface area contributed by atoms with Crippen molar-refractivity contribution >= 4 is 12.1 Å². The zero-order valence-corrected chi connectivity index (χ0v) is 25.8. The zero-order valence-electron chi connectivity index (χ0n) is 25.8. The molecular weight excluding hydrogens is 528 g/mol. The van der Waals surface area contributed by atoms with Gasteiger partial charge in [0.1, 0.15) is 12.2 Å². The molecule has 2 aromatic rings. The maximum absolute atomic E-state index is 13.6. The predicted octanol–water partition coefficient (Wildman–Crippen LogP) is 6.42. The van der Waals surface area contributed by atoms with Gasteiger partial charge in [-0.25, -0.2) is 4.79 Å². The van der Waals surface area contributed by atoms with E-state index in [2.05, 4.69) is 29.2 Å². The molecule has 5 rings (SSSR count). The molecule has 2 aliphatic carbocycles. The molecule has 1 aliphatic heterocycles. The molecule has 0 bridgehead atoms. The quantitative estimate of drug-likeness (QED) is 0.288. The lowest BCUT2D eigenvalue weighted by molar-refractivity contribution is -0.165. The van der Waals surface area contributed by atoms with Gasteiger partial charge < -0.3 is 24.0 Å². The molecular formula is C35H48N2O5. The summed E-state index contributed by atoms with van der Waals surface area (Å²) in [4.78, 5) is 31.3. The molecule has 1 amide bonds. The fraction of sp³-hybridized carbons (Fsp3) is 0.600. The van der Waals surface area contributed by atoms with Gasteiger partial charge in [0.05, 0.1) is 12.0 Å². The molecule has 3 aliphatic rings. The normalized spacial score (nSPS) is 23.0. The number of benzene rings is 2. The summed E-state index contributed by atoms with van der Waals surface area (Å²) < 4.78 is 17.5. The average Bonchev–Trinajstić information content (AvgIpc) is 3.74. The van der Waals surface area contributed by atoms with E-state index >= 15 is 0 Å². The number of likely N-dealkylation sites (tertiary alicyclic amines) is 1. The van der Waals surface area contributed by atoms with Crippen molar-refractivity contribution in [3.8, 4) is 0 Å². The van der Waals surface area contributed by atoms with Crippen LogP contribution >= 0.6 is 0 Å². The van der Waals surface area contributed by atoms with Crippen LogP contribution in [0.3, 0.4) is 0 Å². The van der Waals surface area contributed by atoms with Crippen LogP contribution in [0.5, 0.6) is 0 Å². The number of carbonyl (C=O) groups is 2. The Morgan fingerprint density at radius 2 is 1.60 bits per heavy atom. The van der Waals surface area contributed by atoms with E-state index in [9.17, 15) is 9.59 Å². The number of hydrogen-bond acceptors (Lipinski definition) is 6. The molecule has 0 aromatic heterocycles. The Labute approximate surface area is 251 Å². The van der Waals surface area contributed by atoms with Crippen LogP contribution in [0, 0.1) is 10.8 Å². The zero-order chi connectivity index (χ0) is 29.8. The highest BCUT2D eigenvalue weighted by atomic mass is 16.6. The molecule has 228 valence electrons. The Morgan fingerprint density at radius 3 is 2.17 bits per heavy atom. The lowest BCUT2D eigenvalue weighted by atomic mass is 9.67. The minimum atomic E-state index is -0.559. The number of rotatable bonds is 11. The summed E-state index contributed by atoms with van der Waals surface area (Å²) in [6.07, 6.45) is 5.35. The maximum Gasteiger partial charge on any atom is 0.410 e. The Balaban J connectivity index is 1.23. The Hall–Kier alpha value is -2.90. The first-order valence-corrected chi connectivity index (χ1v) is 15.6. The number of hydrogen-bond donors (Lipinski definition) is 0. The van der Waals surface area contributed by atoms with Crippen LogP contribution in [0.15, 0.2) is 60.7 Å². The molecule has 2 atom stereocenters. The van der Waals surface area contributed by atoms with Crippen molar-refractivity contribution in [2.75, 3.05) is 39.9 Å². The van der Waals surface area contributed by atoms with Gasteiger partial charge in [-0.15, -0.1) is 0 Å². The van der Waals surface area contributed by atoms with E-state index in [4.69, 9.17) is 14.2 Å². The number of amides is 1. The second-order valence-electron chi connectivity index (χ2n) is 13.8. The molecule has 7 heteroatoms. The smallest absolute Gasteiger partial charge is 0.410 e. The molecule has 2 aromatic carbocycles. The third kappa shape index (κ3) is 7.35. The van der Waals surface area contributed by atoms with E-state index in [0.29, 0.717) is 25.7 Å². The molecule has 1 heterocycles. The number of methoxy groups -OCH3 is 1. The van der Waals surface area contributed by atoms with Crippen molar-refractivity contribution in [3.63, 3.8) is 0 Å². The monoisotopic (exact) mass is 576 g/mol. The van der Waals surface area contributed by atoms with E-state index < -0.39 is 11.0 Å². The largest absolute Gasteiger partial charge is 0.460 e. The molecule has 2 saturated carbocycles. The Morgan fingerprint density at radius 1 is 0.952 bits per heavy atom. The number of piperidine rings is 1. The van der Waals surface area contributed by atoms with Gasteiger partial charge in [-0.3, -0.25) is 4.79 Å². The van der Waals surface area contributed by atoms with Gasteiger partial charge in [0.15, 0.2) is 0 Å². The lowest BCUT2D eigenvalue weighted by Gasteiger charge is -2.48. The van der Waals surface area contributed by atoms with Gasteiger partial charge in [-0.05, 0) is 77.1 Å². The molecule has 1 saturated heterocycles. The van der Waals surface area contributed by atoms with E-state index in [1.54, 1.807) is 7.11 Å². The topological polar surface area (TPSA) is 68.3 Å². The van der Waals surface area contributed by atoms with Gasteiger partial charge in [0.2, 0.25) is 0 Å². The van der Waals surface area contributed by atoms with Crippen LogP contribution < -0.4 is 0 Å². The summed E-state index contributed by atoms with van der Waals surface area (Å²) in [5.41, 5.74) is 1.16. The Kier molecular flexibility index (Phi) is 9.28. The van der Waals surface area contributed by atoms with Crippen molar-refractivity contribution in [1.82, 2.24) is 9.80 Å². The third-order valence-corrected chi connectivity index (χ3v) is 9.37. The summed E-state index contributed by atoms with van der Waals surface area (Å²) >= 11 is 0. The summed E-state index contributed by atoms with van der Waals surface area (Å²) in [5, 5.41) is 0. The van der Waals surface area contributed by atoms with Crippen molar-refractivity contribution in [2.24, 2.45) is 10.8 Å². The highest BCUT2D eigenvalue weighted by Crippen LogP contribution is 2.48. The molecule has 42 heavy (non-hydrogen) atoms. The van der Waals surface area contributed by atoms with Crippen molar-refractivity contribution in [2.45, 2.75) is 83.5 Å². The summed E-state index contributed by atoms with van der Waals surface area (Å²) in [5.74, 6) is 0.266. The van der Waals surface area contributed by atoms with Crippen molar-refractivity contribution in [1.29, 1.82) is 0 Å². The highest BCUT2D eigenvalue weighted by molar-refractivity contribution is 5.78. The second kappa shape index (κ2) is 12.8. The second-order valence-corrected chi connectivity index (χ2v) is 13.8.